The molecule has 1 saturated carbocycles. The largest absolute Gasteiger partial charge is 0.508 e. The zero-order valence-electron chi connectivity index (χ0n) is 7.73. The van der Waals surface area contributed by atoms with Gasteiger partial charge in [-0.2, -0.15) is 0 Å². The van der Waals surface area contributed by atoms with Gasteiger partial charge in [-0.1, -0.05) is 6.07 Å². The maximum atomic E-state index is 11.1. The van der Waals surface area contributed by atoms with E-state index >= 15 is 0 Å². The number of hydrogen-bond donors (Lipinski definition) is 2. The van der Waals surface area contributed by atoms with Gasteiger partial charge in [-0.3, -0.25) is 4.79 Å². The van der Waals surface area contributed by atoms with E-state index in [1.165, 1.54) is 12.1 Å². The highest BCUT2D eigenvalue weighted by Crippen LogP contribution is 2.41. The molecule has 2 rings (SSSR count). The Morgan fingerprint density at radius 3 is 2.36 bits per heavy atom. The molecule has 0 radical (unpaired) electrons. The predicted molar refractivity (Wildman–Crippen MR) is 51.4 cm³/mol. The highest BCUT2D eigenvalue weighted by atomic mass is 16.3. The van der Waals surface area contributed by atoms with E-state index in [0.29, 0.717) is 18.4 Å². The van der Waals surface area contributed by atoms with Crippen molar-refractivity contribution >= 4 is 5.78 Å². The van der Waals surface area contributed by atoms with Gasteiger partial charge in [0, 0.05) is 18.4 Å². The Morgan fingerprint density at radius 2 is 1.86 bits per heavy atom. The zero-order valence-corrected chi connectivity index (χ0v) is 7.73. The first-order valence-electron chi connectivity index (χ1n) is 4.71. The highest BCUT2D eigenvalue weighted by molar-refractivity contribution is 5.82. The minimum absolute atomic E-state index is 0.0105. The quantitative estimate of drug-likeness (QED) is 0.714. The molecule has 1 unspecified atom stereocenters. The van der Waals surface area contributed by atoms with Crippen molar-refractivity contribution < 1.29 is 15.0 Å². The van der Waals surface area contributed by atoms with E-state index < -0.39 is 0 Å². The van der Waals surface area contributed by atoms with Crippen LogP contribution in [0.25, 0.3) is 0 Å². The van der Waals surface area contributed by atoms with E-state index in [1.807, 2.05) is 0 Å². The number of ketones is 1. The van der Waals surface area contributed by atoms with Crippen LogP contribution < -0.4 is 0 Å². The Hall–Kier alpha value is -1.51. The van der Waals surface area contributed by atoms with E-state index in [4.69, 9.17) is 0 Å². The third-order valence-corrected chi connectivity index (χ3v) is 2.71. The molecular formula is C11H12O3. The van der Waals surface area contributed by atoms with Crippen LogP contribution in [0.4, 0.5) is 0 Å². The lowest BCUT2D eigenvalue weighted by Gasteiger charge is -2.12. The van der Waals surface area contributed by atoms with E-state index in [1.54, 1.807) is 6.07 Å². The number of aromatic hydroxyl groups is 2. The Balaban J connectivity index is 2.36. The van der Waals surface area contributed by atoms with E-state index in [2.05, 4.69) is 0 Å². The molecule has 1 aromatic rings. The molecule has 2 N–H and O–H groups in total. The van der Waals surface area contributed by atoms with Crippen LogP contribution in [-0.2, 0) is 4.79 Å². The lowest BCUT2D eigenvalue weighted by Crippen LogP contribution is -1.95. The lowest BCUT2D eigenvalue weighted by molar-refractivity contribution is -0.117. The molecule has 0 amide bonds. The summed E-state index contributed by atoms with van der Waals surface area (Å²) in [6.07, 6.45) is 1.72. The monoisotopic (exact) mass is 192 g/mol. The summed E-state index contributed by atoms with van der Waals surface area (Å²) in [6, 6.07) is 4.67. The van der Waals surface area contributed by atoms with Gasteiger partial charge in [-0.05, 0) is 24.5 Å². The molecule has 1 fully saturated rings. The molecule has 1 aliphatic carbocycles. The number of carbonyl (C=O) groups is 1. The first-order chi connectivity index (χ1) is 6.68. The summed E-state index contributed by atoms with van der Waals surface area (Å²) >= 11 is 0. The molecule has 0 aromatic heterocycles. The van der Waals surface area contributed by atoms with Crippen LogP contribution in [0.1, 0.15) is 30.7 Å². The van der Waals surface area contributed by atoms with Gasteiger partial charge >= 0.3 is 0 Å². The van der Waals surface area contributed by atoms with Crippen molar-refractivity contribution in [3.63, 3.8) is 0 Å². The molecule has 0 saturated heterocycles. The maximum Gasteiger partial charge on any atom is 0.133 e. The van der Waals surface area contributed by atoms with Gasteiger partial charge in [0.25, 0.3) is 0 Å². The van der Waals surface area contributed by atoms with Gasteiger partial charge in [0.2, 0.25) is 0 Å². The van der Waals surface area contributed by atoms with E-state index in [-0.39, 0.29) is 23.2 Å². The number of carbonyl (C=O) groups excluding carboxylic acids is 1. The van der Waals surface area contributed by atoms with Gasteiger partial charge in [0.1, 0.15) is 17.3 Å². The van der Waals surface area contributed by atoms with Crippen molar-refractivity contribution in [2.75, 3.05) is 0 Å². The molecule has 1 aliphatic rings. The zero-order chi connectivity index (χ0) is 10.1. The molecule has 0 spiro atoms. The average Bonchev–Trinajstić information content (AvgIpc) is 2.51. The van der Waals surface area contributed by atoms with Crippen LogP contribution in [0.15, 0.2) is 18.2 Å². The SMILES string of the molecule is O=C1CCC(c2c(O)cccc2O)C1. The second-order valence-electron chi connectivity index (χ2n) is 3.69. The van der Waals surface area contributed by atoms with Crippen molar-refractivity contribution in [1.82, 2.24) is 0 Å². The molecule has 3 nitrogen and oxygen atoms in total. The highest BCUT2D eigenvalue weighted by Gasteiger charge is 2.27. The molecule has 0 bridgehead atoms. The smallest absolute Gasteiger partial charge is 0.133 e. The molecule has 1 atom stereocenters. The van der Waals surface area contributed by atoms with Crippen LogP contribution in [0.5, 0.6) is 11.5 Å². The Morgan fingerprint density at radius 1 is 1.21 bits per heavy atom. The van der Waals surface area contributed by atoms with Crippen LogP contribution in [-0.4, -0.2) is 16.0 Å². The fraction of sp³-hybridized carbons (Fsp3) is 0.364. The Labute approximate surface area is 82.0 Å². The summed E-state index contributed by atoms with van der Waals surface area (Å²) in [4.78, 5) is 11.1. The number of phenolic OH excluding ortho intramolecular Hbond substituents is 2. The first kappa shape index (κ1) is 9.06. The molecule has 74 valence electrons. The minimum Gasteiger partial charge on any atom is -0.508 e. The van der Waals surface area contributed by atoms with Gasteiger partial charge in [0.05, 0.1) is 0 Å². The van der Waals surface area contributed by atoms with Gasteiger partial charge in [-0.15, -0.1) is 0 Å². The lowest BCUT2D eigenvalue weighted by atomic mass is 9.96. The van der Waals surface area contributed by atoms with Crippen molar-refractivity contribution in [3.8, 4) is 11.5 Å². The van der Waals surface area contributed by atoms with Crippen LogP contribution in [0, 0.1) is 0 Å². The molecule has 0 heterocycles. The molecule has 14 heavy (non-hydrogen) atoms. The Kier molecular flexibility index (Phi) is 2.15. The summed E-state index contributed by atoms with van der Waals surface area (Å²) in [5.41, 5.74) is 0.526. The van der Waals surface area contributed by atoms with Crippen molar-refractivity contribution in [1.29, 1.82) is 0 Å². The molecular weight excluding hydrogens is 180 g/mol. The summed E-state index contributed by atoms with van der Waals surface area (Å²) < 4.78 is 0. The van der Waals surface area contributed by atoms with Gasteiger partial charge in [0.15, 0.2) is 0 Å². The minimum atomic E-state index is -0.0105. The van der Waals surface area contributed by atoms with Crippen LogP contribution in [0.2, 0.25) is 0 Å². The second-order valence-corrected chi connectivity index (χ2v) is 3.69. The third-order valence-electron chi connectivity index (χ3n) is 2.71. The predicted octanol–water partition coefficient (Wildman–Crippen LogP) is 1.93. The number of benzene rings is 1. The fourth-order valence-corrected chi connectivity index (χ4v) is 2.02. The van der Waals surface area contributed by atoms with Gasteiger partial charge < -0.3 is 10.2 Å². The van der Waals surface area contributed by atoms with E-state index in [9.17, 15) is 15.0 Å². The standard InChI is InChI=1S/C11H12O3/c12-8-5-4-7(6-8)11-9(13)2-1-3-10(11)14/h1-3,7,13-14H,4-6H2. The third kappa shape index (κ3) is 1.45. The molecule has 0 aliphatic heterocycles. The number of Topliss-reactive ketones (excluding diaryl/α,β-unsaturated/α-hetero) is 1. The molecule has 1 aromatic carbocycles. The topological polar surface area (TPSA) is 57.5 Å². The first-order valence-corrected chi connectivity index (χ1v) is 4.71. The van der Waals surface area contributed by atoms with E-state index in [0.717, 1.165) is 6.42 Å². The van der Waals surface area contributed by atoms with Crippen LogP contribution in [0.3, 0.4) is 0 Å². The summed E-state index contributed by atoms with van der Waals surface area (Å²) in [5, 5.41) is 19.1. The number of hydrogen-bond acceptors (Lipinski definition) is 3. The molecule has 3 heteroatoms. The van der Waals surface area contributed by atoms with Crippen molar-refractivity contribution in [3.05, 3.63) is 23.8 Å². The maximum absolute atomic E-state index is 11.1. The second kappa shape index (κ2) is 3.33. The summed E-state index contributed by atoms with van der Waals surface area (Å²) in [6.45, 7) is 0. The number of phenols is 2. The summed E-state index contributed by atoms with van der Waals surface area (Å²) in [5.74, 6) is 0.371. The average molecular weight is 192 g/mol. The van der Waals surface area contributed by atoms with Crippen molar-refractivity contribution in [2.24, 2.45) is 0 Å². The summed E-state index contributed by atoms with van der Waals surface area (Å²) in [7, 11) is 0. The fourth-order valence-electron chi connectivity index (χ4n) is 2.02. The van der Waals surface area contributed by atoms with Crippen LogP contribution >= 0.6 is 0 Å². The van der Waals surface area contributed by atoms with Crippen molar-refractivity contribution in [2.45, 2.75) is 25.2 Å². The normalized spacial score (nSPS) is 21.4. The Bertz CT molecular complexity index is 351. The number of rotatable bonds is 1. The van der Waals surface area contributed by atoms with Gasteiger partial charge in [-0.25, -0.2) is 0 Å².